The average Bonchev–Trinajstić information content (AvgIpc) is 2.74. The van der Waals surface area contributed by atoms with E-state index < -0.39 is 0 Å². The maximum atomic E-state index is 5.87. The van der Waals surface area contributed by atoms with Gasteiger partial charge in [0.25, 0.3) is 0 Å². The third-order valence-electron chi connectivity index (χ3n) is 4.41. The van der Waals surface area contributed by atoms with Crippen LogP contribution in [0.5, 0.6) is 0 Å². The van der Waals surface area contributed by atoms with Crippen LogP contribution in [0.25, 0.3) is 22.8 Å². The van der Waals surface area contributed by atoms with Gasteiger partial charge in [0, 0.05) is 11.4 Å². The van der Waals surface area contributed by atoms with Crippen molar-refractivity contribution in [2.75, 3.05) is 0 Å². The quantitative estimate of drug-likeness (QED) is 0.473. The van der Waals surface area contributed by atoms with E-state index in [0.29, 0.717) is 13.2 Å². The Kier molecular flexibility index (Phi) is 5.68. The zero-order valence-corrected chi connectivity index (χ0v) is 16.5. The molecule has 4 aromatic rings. The molecule has 0 aliphatic rings. The Morgan fingerprint density at radius 1 is 0.517 bits per heavy atom. The fourth-order valence-electron chi connectivity index (χ4n) is 3.04. The lowest BCUT2D eigenvalue weighted by atomic mass is 10.2. The molecule has 0 saturated heterocycles. The van der Waals surface area contributed by atoms with Gasteiger partial charge in [-0.25, -0.2) is 9.97 Å². The van der Waals surface area contributed by atoms with E-state index in [1.807, 2.05) is 86.6 Å². The van der Waals surface area contributed by atoms with Gasteiger partial charge in [0.1, 0.15) is 0 Å². The molecule has 0 N–H and O–H groups in total. The summed E-state index contributed by atoms with van der Waals surface area (Å²) in [5, 5.41) is 0. The average molecular weight is 382 g/mol. The lowest BCUT2D eigenvalue weighted by molar-refractivity contribution is 0.102. The molecule has 0 aliphatic carbocycles. The molecule has 0 radical (unpaired) electrons. The normalized spacial score (nSPS) is 10.8. The van der Waals surface area contributed by atoms with Crippen molar-refractivity contribution in [1.82, 2.24) is 19.9 Å². The van der Waals surface area contributed by atoms with Crippen molar-refractivity contribution < 1.29 is 4.74 Å². The van der Waals surface area contributed by atoms with E-state index in [1.165, 1.54) is 0 Å². The molecule has 4 heterocycles. The molecule has 4 aromatic heterocycles. The molecule has 0 atom stereocenters. The van der Waals surface area contributed by atoms with Crippen LogP contribution in [0.15, 0.2) is 72.8 Å². The first kappa shape index (κ1) is 18.9. The molecule has 4 rings (SSSR count). The number of aromatic nitrogens is 4. The highest BCUT2D eigenvalue weighted by atomic mass is 16.5. The van der Waals surface area contributed by atoms with E-state index in [-0.39, 0.29) is 0 Å². The highest BCUT2D eigenvalue weighted by Crippen LogP contribution is 2.17. The molecule has 0 spiro atoms. The van der Waals surface area contributed by atoms with Crippen LogP contribution >= 0.6 is 0 Å². The third-order valence-corrected chi connectivity index (χ3v) is 4.41. The largest absolute Gasteiger partial charge is 0.369 e. The second-order valence-electron chi connectivity index (χ2n) is 6.85. The minimum Gasteiger partial charge on any atom is -0.369 e. The predicted molar refractivity (Wildman–Crippen MR) is 113 cm³/mol. The molecule has 0 unspecified atom stereocenters. The molecule has 0 amide bonds. The lowest BCUT2D eigenvalue weighted by Gasteiger charge is -2.07. The van der Waals surface area contributed by atoms with Crippen molar-refractivity contribution >= 4 is 0 Å². The van der Waals surface area contributed by atoms with Crippen LogP contribution in [0.4, 0.5) is 0 Å². The number of rotatable bonds is 6. The van der Waals surface area contributed by atoms with Gasteiger partial charge in [-0.05, 0) is 62.4 Å². The highest BCUT2D eigenvalue weighted by molar-refractivity contribution is 5.55. The Labute approximate surface area is 170 Å². The van der Waals surface area contributed by atoms with E-state index in [9.17, 15) is 0 Å². The van der Waals surface area contributed by atoms with E-state index in [4.69, 9.17) is 4.74 Å². The summed E-state index contributed by atoms with van der Waals surface area (Å²) in [4.78, 5) is 18.4. The summed E-state index contributed by atoms with van der Waals surface area (Å²) in [6, 6.07) is 23.7. The van der Waals surface area contributed by atoms with Gasteiger partial charge in [-0.1, -0.05) is 24.3 Å². The lowest BCUT2D eigenvalue weighted by Crippen LogP contribution is -2.00. The number of ether oxygens (including phenoxy) is 1. The van der Waals surface area contributed by atoms with Crippen LogP contribution in [0.3, 0.4) is 0 Å². The van der Waals surface area contributed by atoms with Crippen LogP contribution in [0.1, 0.15) is 22.8 Å². The zero-order valence-electron chi connectivity index (χ0n) is 16.5. The minimum absolute atomic E-state index is 0.411. The molecular formula is C24H22N4O. The van der Waals surface area contributed by atoms with Crippen LogP contribution in [0.2, 0.25) is 0 Å². The summed E-state index contributed by atoms with van der Waals surface area (Å²) >= 11 is 0. The molecule has 0 aromatic carbocycles. The van der Waals surface area contributed by atoms with E-state index in [0.717, 1.165) is 45.6 Å². The van der Waals surface area contributed by atoms with Crippen molar-refractivity contribution in [2.24, 2.45) is 0 Å². The third kappa shape index (κ3) is 4.89. The predicted octanol–water partition coefficient (Wildman–Crippen LogP) is 4.93. The van der Waals surface area contributed by atoms with Crippen molar-refractivity contribution in [3.8, 4) is 22.8 Å². The number of hydrogen-bond acceptors (Lipinski definition) is 5. The van der Waals surface area contributed by atoms with E-state index in [2.05, 4.69) is 19.9 Å². The number of nitrogens with zero attached hydrogens (tertiary/aromatic N) is 4. The summed E-state index contributed by atoms with van der Waals surface area (Å²) in [6.45, 7) is 4.77. The topological polar surface area (TPSA) is 60.8 Å². The van der Waals surface area contributed by atoms with Crippen LogP contribution in [-0.2, 0) is 18.0 Å². The van der Waals surface area contributed by atoms with Crippen LogP contribution in [0, 0.1) is 13.8 Å². The Morgan fingerprint density at radius 2 is 0.897 bits per heavy atom. The van der Waals surface area contributed by atoms with Gasteiger partial charge < -0.3 is 4.74 Å². The molecule has 5 heteroatoms. The minimum atomic E-state index is 0.411. The zero-order chi connectivity index (χ0) is 20.1. The molecule has 29 heavy (non-hydrogen) atoms. The van der Waals surface area contributed by atoms with Crippen molar-refractivity contribution in [3.05, 3.63) is 95.6 Å². The first-order valence-electron chi connectivity index (χ1n) is 9.55. The summed E-state index contributed by atoms with van der Waals surface area (Å²) < 4.78 is 5.87. The monoisotopic (exact) mass is 382 g/mol. The second kappa shape index (κ2) is 8.71. The van der Waals surface area contributed by atoms with Crippen LogP contribution in [-0.4, -0.2) is 19.9 Å². The van der Waals surface area contributed by atoms with Gasteiger partial charge >= 0.3 is 0 Å². The summed E-state index contributed by atoms with van der Waals surface area (Å²) in [7, 11) is 0. The van der Waals surface area contributed by atoms with Gasteiger partial charge in [0.2, 0.25) is 0 Å². The fraction of sp³-hybridized carbons (Fsp3) is 0.167. The van der Waals surface area contributed by atoms with Crippen LogP contribution < -0.4 is 0 Å². The van der Waals surface area contributed by atoms with Gasteiger partial charge in [-0.3, -0.25) is 9.97 Å². The Morgan fingerprint density at radius 3 is 1.31 bits per heavy atom. The summed E-state index contributed by atoms with van der Waals surface area (Å²) in [6.07, 6.45) is 0. The Balaban J connectivity index is 1.42. The Bertz CT molecular complexity index is 1040. The van der Waals surface area contributed by atoms with Gasteiger partial charge in [-0.2, -0.15) is 0 Å². The molecule has 144 valence electrons. The first-order chi connectivity index (χ1) is 14.2. The number of pyridine rings is 4. The number of hydrogen-bond donors (Lipinski definition) is 0. The van der Waals surface area contributed by atoms with E-state index in [1.54, 1.807) is 0 Å². The first-order valence-corrected chi connectivity index (χ1v) is 9.55. The van der Waals surface area contributed by atoms with Crippen molar-refractivity contribution in [2.45, 2.75) is 27.1 Å². The molecule has 0 aliphatic heterocycles. The molecule has 0 saturated carbocycles. The maximum absolute atomic E-state index is 5.87. The molecule has 0 fully saturated rings. The standard InChI is InChI=1S/C24H22N4O/c1-17-7-3-11-21(25-17)23-13-5-9-19(27-23)15-29-16-20-10-6-14-24(28-20)22-12-4-8-18(2)26-22/h3-14H,15-16H2,1-2H3. The summed E-state index contributed by atoms with van der Waals surface area (Å²) in [5.74, 6) is 0. The highest BCUT2D eigenvalue weighted by Gasteiger charge is 2.05. The molecule has 5 nitrogen and oxygen atoms in total. The van der Waals surface area contributed by atoms with Gasteiger partial charge in [0.15, 0.2) is 0 Å². The smallest absolute Gasteiger partial charge is 0.0893 e. The maximum Gasteiger partial charge on any atom is 0.0893 e. The Hall–Kier alpha value is -3.44. The number of aryl methyl sites for hydroxylation is 2. The van der Waals surface area contributed by atoms with Gasteiger partial charge in [-0.15, -0.1) is 0 Å². The second-order valence-corrected chi connectivity index (χ2v) is 6.85. The SMILES string of the molecule is Cc1cccc(-c2cccc(COCc3cccc(-c4cccc(C)n4)n3)n2)n1. The van der Waals surface area contributed by atoms with Crippen molar-refractivity contribution in [1.29, 1.82) is 0 Å². The van der Waals surface area contributed by atoms with E-state index >= 15 is 0 Å². The van der Waals surface area contributed by atoms with Crippen molar-refractivity contribution in [3.63, 3.8) is 0 Å². The summed E-state index contributed by atoms with van der Waals surface area (Å²) in [5.41, 5.74) is 7.10. The fourth-order valence-corrected chi connectivity index (χ4v) is 3.04. The molecule has 0 bridgehead atoms. The van der Waals surface area contributed by atoms with Gasteiger partial charge in [0.05, 0.1) is 47.4 Å². The molecular weight excluding hydrogens is 360 g/mol.